The highest BCUT2D eigenvalue weighted by atomic mass is 19.1. The molecule has 1 aromatic heterocycles. The van der Waals surface area contributed by atoms with Gasteiger partial charge in [-0.3, -0.25) is 14.4 Å². The SMILES string of the molecule is O=C1c2ccccc2C(=O)c2c1oc(C(=O)c1ccccc1)c2-c1ccc(F)cc1. The van der Waals surface area contributed by atoms with E-state index in [-0.39, 0.29) is 33.8 Å². The topological polar surface area (TPSA) is 64.3 Å². The number of carbonyl (C=O) groups excluding carboxylic acids is 3. The van der Waals surface area contributed by atoms with E-state index in [4.69, 9.17) is 4.42 Å². The van der Waals surface area contributed by atoms with Crippen LogP contribution in [0.5, 0.6) is 0 Å². The lowest BCUT2D eigenvalue weighted by Crippen LogP contribution is -2.19. The van der Waals surface area contributed by atoms with Crippen molar-refractivity contribution < 1.29 is 23.2 Å². The summed E-state index contributed by atoms with van der Waals surface area (Å²) >= 11 is 0. The van der Waals surface area contributed by atoms with Gasteiger partial charge >= 0.3 is 0 Å². The number of carbonyl (C=O) groups is 3. The third-order valence-corrected chi connectivity index (χ3v) is 5.13. The summed E-state index contributed by atoms with van der Waals surface area (Å²) in [4.78, 5) is 39.6. The predicted molar refractivity (Wildman–Crippen MR) is 107 cm³/mol. The molecule has 5 rings (SSSR count). The highest BCUT2D eigenvalue weighted by Crippen LogP contribution is 2.40. The van der Waals surface area contributed by atoms with Crippen LogP contribution in [0.15, 0.2) is 83.3 Å². The minimum Gasteiger partial charge on any atom is -0.448 e. The van der Waals surface area contributed by atoms with Gasteiger partial charge in [-0.05, 0) is 17.7 Å². The summed E-state index contributed by atoms with van der Waals surface area (Å²) < 4.78 is 19.3. The molecule has 0 N–H and O–H groups in total. The van der Waals surface area contributed by atoms with Gasteiger partial charge in [-0.2, -0.15) is 0 Å². The van der Waals surface area contributed by atoms with E-state index in [0.717, 1.165) is 0 Å². The largest absolute Gasteiger partial charge is 0.448 e. The first-order chi connectivity index (χ1) is 14.6. The first-order valence-corrected chi connectivity index (χ1v) is 9.27. The summed E-state index contributed by atoms with van der Waals surface area (Å²) in [6.07, 6.45) is 0. The van der Waals surface area contributed by atoms with Crippen molar-refractivity contribution in [3.8, 4) is 11.1 Å². The van der Waals surface area contributed by atoms with Crippen LogP contribution in [0.25, 0.3) is 11.1 Å². The van der Waals surface area contributed by atoms with Gasteiger partial charge in [-0.15, -0.1) is 0 Å². The Morgan fingerprint density at radius 3 is 1.97 bits per heavy atom. The molecular weight excluding hydrogens is 383 g/mol. The Bertz CT molecular complexity index is 1330. The van der Waals surface area contributed by atoms with Crippen molar-refractivity contribution in [3.05, 3.63) is 118 Å². The molecule has 0 aliphatic heterocycles. The third-order valence-electron chi connectivity index (χ3n) is 5.13. The Morgan fingerprint density at radius 2 is 1.30 bits per heavy atom. The van der Waals surface area contributed by atoms with Crippen molar-refractivity contribution in [1.29, 1.82) is 0 Å². The maximum absolute atomic E-state index is 13.5. The summed E-state index contributed by atoms with van der Waals surface area (Å²) in [5.41, 5.74) is 1.48. The second-order valence-corrected chi connectivity index (χ2v) is 6.92. The Morgan fingerprint density at radius 1 is 0.700 bits per heavy atom. The number of furan rings is 1. The zero-order valence-electron chi connectivity index (χ0n) is 15.5. The number of ketones is 3. The Kier molecular flexibility index (Phi) is 4.03. The van der Waals surface area contributed by atoms with Crippen LogP contribution >= 0.6 is 0 Å². The molecule has 3 aromatic carbocycles. The molecule has 0 saturated heterocycles. The van der Waals surface area contributed by atoms with Crippen molar-refractivity contribution in [2.24, 2.45) is 0 Å². The van der Waals surface area contributed by atoms with Crippen molar-refractivity contribution in [1.82, 2.24) is 0 Å². The summed E-state index contributed by atoms with van der Waals surface area (Å²) in [6, 6.07) is 20.3. The number of halogens is 1. The van der Waals surface area contributed by atoms with Crippen LogP contribution in [0.2, 0.25) is 0 Å². The molecule has 0 fully saturated rings. The molecule has 1 heterocycles. The summed E-state index contributed by atoms with van der Waals surface area (Å²) in [5.74, 6) is -2.08. The van der Waals surface area contributed by atoms with E-state index in [1.54, 1.807) is 54.6 Å². The number of hydrogen-bond donors (Lipinski definition) is 0. The lowest BCUT2D eigenvalue weighted by atomic mass is 9.84. The zero-order valence-corrected chi connectivity index (χ0v) is 15.5. The molecular formula is C25H13FO4. The number of rotatable bonds is 3. The van der Waals surface area contributed by atoms with Gasteiger partial charge < -0.3 is 4.42 Å². The molecule has 0 saturated carbocycles. The zero-order chi connectivity index (χ0) is 20.8. The molecule has 0 unspecified atom stereocenters. The summed E-state index contributed by atoms with van der Waals surface area (Å²) in [6.45, 7) is 0. The minimum absolute atomic E-state index is 0.0320. The molecule has 4 nitrogen and oxygen atoms in total. The maximum Gasteiger partial charge on any atom is 0.229 e. The second kappa shape index (κ2) is 6.74. The van der Waals surface area contributed by atoms with E-state index in [2.05, 4.69) is 0 Å². The van der Waals surface area contributed by atoms with Crippen molar-refractivity contribution in [2.75, 3.05) is 0 Å². The number of benzene rings is 3. The smallest absolute Gasteiger partial charge is 0.229 e. The second-order valence-electron chi connectivity index (χ2n) is 6.92. The Balaban J connectivity index is 1.80. The monoisotopic (exact) mass is 396 g/mol. The minimum atomic E-state index is -0.464. The van der Waals surface area contributed by atoms with Gasteiger partial charge in [-0.25, -0.2) is 4.39 Å². The Labute approximate surface area is 170 Å². The highest BCUT2D eigenvalue weighted by molar-refractivity contribution is 6.31. The van der Waals surface area contributed by atoms with E-state index in [1.165, 1.54) is 24.3 Å². The lowest BCUT2D eigenvalue weighted by Gasteiger charge is -2.14. The van der Waals surface area contributed by atoms with E-state index < -0.39 is 23.2 Å². The van der Waals surface area contributed by atoms with Gasteiger partial charge in [0, 0.05) is 22.3 Å². The van der Waals surface area contributed by atoms with E-state index in [9.17, 15) is 18.8 Å². The molecule has 1 aliphatic rings. The van der Waals surface area contributed by atoms with Crippen LogP contribution < -0.4 is 0 Å². The summed E-state index contributed by atoms with van der Waals surface area (Å²) in [5, 5.41) is 0. The van der Waals surface area contributed by atoms with Gasteiger partial charge in [0.05, 0.1) is 5.56 Å². The third kappa shape index (κ3) is 2.63. The molecule has 30 heavy (non-hydrogen) atoms. The van der Waals surface area contributed by atoms with Crippen LogP contribution in [0.1, 0.15) is 48.2 Å². The van der Waals surface area contributed by atoms with Crippen LogP contribution in [0, 0.1) is 5.82 Å². The van der Waals surface area contributed by atoms with Gasteiger partial charge in [0.2, 0.25) is 11.6 Å². The molecule has 0 amide bonds. The first-order valence-electron chi connectivity index (χ1n) is 9.27. The van der Waals surface area contributed by atoms with E-state index >= 15 is 0 Å². The number of fused-ring (bicyclic) bond motifs is 2. The molecule has 5 heteroatoms. The van der Waals surface area contributed by atoms with Gasteiger partial charge in [0.1, 0.15) is 5.82 Å². The molecule has 144 valence electrons. The normalized spacial score (nSPS) is 12.4. The Hall–Kier alpha value is -4.12. The quantitative estimate of drug-likeness (QED) is 0.399. The molecule has 4 aromatic rings. The van der Waals surface area contributed by atoms with Crippen LogP contribution in [-0.2, 0) is 0 Å². The highest BCUT2D eigenvalue weighted by Gasteiger charge is 2.39. The average Bonchev–Trinajstić information content (AvgIpc) is 3.19. The molecule has 0 spiro atoms. The molecule has 0 bridgehead atoms. The van der Waals surface area contributed by atoms with Crippen LogP contribution in [0.4, 0.5) is 4.39 Å². The van der Waals surface area contributed by atoms with E-state index in [1.807, 2.05) is 0 Å². The molecule has 0 atom stereocenters. The molecule has 1 aliphatic carbocycles. The van der Waals surface area contributed by atoms with Crippen LogP contribution in [-0.4, -0.2) is 17.3 Å². The van der Waals surface area contributed by atoms with Gasteiger partial charge in [-0.1, -0.05) is 66.7 Å². The fourth-order valence-electron chi connectivity index (χ4n) is 3.72. The van der Waals surface area contributed by atoms with Crippen LogP contribution in [0.3, 0.4) is 0 Å². The average molecular weight is 396 g/mol. The maximum atomic E-state index is 13.5. The van der Waals surface area contributed by atoms with Crippen molar-refractivity contribution in [2.45, 2.75) is 0 Å². The first kappa shape index (κ1) is 17.9. The number of hydrogen-bond acceptors (Lipinski definition) is 4. The lowest BCUT2D eigenvalue weighted by molar-refractivity contribution is 0.0951. The van der Waals surface area contributed by atoms with Crippen molar-refractivity contribution >= 4 is 17.3 Å². The van der Waals surface area contributed by atoms with Crippen molar-refractivity contribution in [3.63, 3.8) is 0 Å². The van der Waals surface area contributed by atoms with E-state index in [0.29, 0.717) is 11.1 Å². The summed E-state index contributed by atoms with van der Waals surface area (Å²) in [7, 11) is 0. The van der Waals surface area contributed by atoms with Gasteiger partial charge in [0.25, 0.3) is 0 Å². The fraction of sp³-hybridized carbons (Fsp3) is 0. The standard InChI is InChI=1S/C25H13FO4/c26-16-12-10-14(11-13-16)19-20-22(28)17-8-4-5-9-18(17)23(29)25(20)30-24(19)21(27)15-6-2-1-3-7-15/h1-13H. The van der Waals surface area contributed by atoms with Gasteiger partial charge in [0.15, 0.2) is 17.3 Å². The molecule has 0 radical (unpaired) electrons. The fourth-order valence-corrected chi connectivity index (χ4v) is 3.72. The predicted octanol–water partition coefficient (Wildman–Crippen LogP) is 5.09.